The molecule has 18 heavy (non-hydrogen) atoms. The molecule has 5 N–H and O–H groups in total. The lowest BCUT2D eigenvalue weighted by molar-refractivity contribution is 0.0964. The Labute approximate surface area is 110 Å². The lowest BCUT2D eigenvalue weighted by Crippen LogP contribution is -2.29. The molecule has 6 nitrogen and oxygen atoms in total. The zero-order valence-electron chi connectivity index (χ0n) is 10.3. The molecule has 0 unspecified atom stereocenters. The standard InChI is InChI=1S/C11H18N4O2S/c1-13-10(17)8-9(12)15-18-11(8)14-6-2-4-7(16)5-3-6/h6-7,14,16H,2-5H2,1H3,(H2,12,15)(H,13,17). The molecule has 1 fully saturated rings. The highest BCUT2D eigenvalue weighted by Crippen LogP contribution is 2.30. The van der Waals surface area contributed by atoms with Crippen LogP contribution in [0, 0.1) is 0 Å². The number of nitrogens with zero attached hydrogens (tertiary/aromatic N) is 1. The van der Waals surface area contributed by atoms with Crippen LogP contribution in [0.2, 0.25) is 0 Å². The number of aromatic nitrogens is 1. The molecule has 2 rings (SSSR count). The Morgan fingerprint density at radius 1 is 1.44 bits per heavy atom. The van der Waals surface area contributed by atoms with Gasteiger partial charge in [-0.25, -0.2) is 0 Å². The average molecular weight is 270 g/mol. The van der Waals surface area contributed by atoms with E-state index in [4.69, 9.17) is 5.73 Å². The molecule has 1 amide bonds. The van der Waals surface area contributed by atoms with E-state index in [-0.39, 0.29) is 23.9 Å². The SMILES string of the molecule is CNC(=O)c1c(N)nsc1NC1CCC(O)CC1. The topological polar surface area (TPSA) is 100 Å². The highest BCUT2D eigenvalue weighted by atomic mass is 32.1. The molecule has 0 atom stereocenters. The minimum absolute atomic E-state index is 0.187. The Kier molecular flexibility index (Phi) is 4.03. The Hall–Kier alpha value is -1.34. The molecule has 0 aromatic carbocycles. The van der Waals surface area contributed by atoms with Crippen LogP contribution in [0.15, 0.2) is 0 Å². The quantitative estimate of drug-likeness (QED) is 0.651. The number of nitrogen functional groups attached to an aromatic ring is 1. The van der Waals surface area contributed by atoms with Crippen molar-refractivity contribution in [2.75, 3.05) is 18.1 Å². The third-order valence-electron chi connectivity index (χ3n) is 3.20. The van der Waals surface area contributed by atoms with Gasteiger partial charge in [0.05, 0.1) is 6.10 Å². The summed E-state index contributed by atoms with van der Waals surface area (Å²) in [4.78, 5) is 11.7. The third-order valence-corrected chi connectivity index (χ3v) is 4.00. The molecule has 0 saturated heterocycles. The molecular formula is C11H18N4O2S. The summed E-state index contributed by atoms with van der Waals surface area (Å²) in [6.07, 6.45) is 3.19. The molecule has 0 aliphatic heterocycles. The Balaban J connectivity index is 2.07. The molecule has 1 aromatic heterocycles. The Morgan fingerprint density at radius 2 is 2.11 bits per heavy atom. The highest BCUT2D eigenvalue weighted by Gasteiger charge is 2.23. The molecule has 1 aromatic rings. The molecule has 7 heteroatoms. The van der Waals surface area contributed by atoms with Crippen LogP contribution in [-0.4, -0.2) is 34.6 Å². The van der Waals surface area contributed by atoms with Crippen LogP contribution in [0.3, 0.4) is 0 Å². The fourth-order valence-electron chi connectivity index (χ4n) is 2.15. The van der Waals surface area contributed by atoms with E-state index in [9.17, 15) is 9.90 Å². The van der Waals surface area contributed by atoms with Crippen molar-refractivity contribution >= 4 is 28.3 Å². The second-order valence-corrected chi connectivity index (χ2v) is 5.27. The summed E-state index contributed by atoms with van der Waals surface area (Å²) >= 11 is 1.20. The molecule has 0 bridgehead atoms. The summed E-state index contributed by atoms with van der Waals surface area (Å²) in [7, 11) is 1.57. The van der Waals surface area contributed by atoms with Crippen LogP contribution in [-0.2, 0) is 0 Å². The van der Waals surface area contributed by atoms with Gasteiger partial charge >= 0.3 is 0 Å². The van der Waals surface area contributed by atoms with E-state index in [1.807, 2.05) is 0 Å². The second-order valence-electron chi connectivity index (χ2n) is 4.50. The maximum absolute atomic E-state index is 11.7. The number of nitrogens with one attached hydrogen (secondary N) is 2. The van der Waals surface area contributed by atoms with E-state index in [2.05, 4.69) is 15.0 Å². The van der Waals surface area contributed by atoms with Gasteiger partial charge in [0.1, 0.15) is 10.6 Å². The van der Waals surface area contributed by atoms with E-state index in [0.717, 1.165) is 25.7 Å². The maximum Gasteiger partial charge on any atom is 0.257 e. The van der Waals surface area contributed by atoms with Gasteiger partial charge in [-0.05, 0) is 37.2 Å². The summed E-state index contributed by atoms with van der Waals surface area (Å²) in [5.41, 5.74) is 6.13. The van der Waals surface area contributed by atoms with Gasteiger partial charge < -0.3 is 21.5 Å². The van der Waals surface area contributed by atoms with Gasteiger partial charge in [-0.15, -0.1) is 0 Å². The van der Waals surface area contributed by atoms with Gasteiger partial charge in [0, 0.05) is 13.1 Å². The Morgan fingerprint density at radius 3 is 2.72 bits per heavy atom. The van der Waals surface area contributed by atoms with Gasteiger partial charge in [-0.2, -0.15) is 4.37 Å². The first kappa shape index (κ1) is 13.1. The number of rotatable bonds is 3. The Bertz CT molecular complexity index is 427. The number of aliphatic hydroxyl groups excluding tert-OH is 1. The molecular weight excluding hydrogens is 252 g/mol. The number of anilines is 2. The van der Waals surface area contributed by atoms with E-state index in [0.29, 0.717) is 10.6 Å². The third kappa shape index (κ3) is 2.73. The van der Waals surface area contributed by atoms with Crippen molar-refractivity contribution in [1.82, 2.24) is 9.69 Å². The summed E-state index contributed by atoms with van der Waals surface area (Å²) in [5.74, 6) is 0.0392. The van der Waals surface area contributed by atoms with Gasteiger partial charge in [-0.1, -0.05) is 0 Å². The maximum atomic E-state index is 11.7. The van der Waals surface area contributed by atoms with Crippen LogP contribution >= 0.6 is 11.5 Å². The van der Waals surface area contributed by atoms with Crippen LogP contribution in [0.1, 0.15) is 36.0 Å². The van der Waals surface area contributed by atoms with Crippen LogP contribution in [0.5, 0.6) is 0 Å². The van der Waals surface area contributed by atoms with Crippen LogP contribution < -0.4 is 16.4 Å². The molecule has 1 aliphatic rings. The summed E-state index contributed by atoms with van der Waals surface area (Å²) in [6.45, 7) is 0. The summed E-state index contributed by atoms with van der Waals surface area (Å²) < 4.78 is 4.01. The van der Waals surface area contributed by atoms with Crippen molar-refractivity contribution in [2.24, 2.45) is 0 Å². The van der Waals surface area contributed by atoms with Crippen molar-refractivity contribution < 1.29 is 9.90 Å². The summed E-state index contributed by atoms with van der Waals surface area (Å²) in [6, 6.07) is 0.275. The zero-order chi connectivity index (χ0) is 13.1. The molecule has 100 valence electrons. The first-order valence-electron chi connectivity index (χ1n) is 6.03. The molecule has 1 heterocycles. The smallest absolute Gasteiger partial charge is 0.257 e. The number of carbonyl (C=O) groups excluding carboxylic acids is 1. The predicted molar refractivity (Wildman–Crippen MR) is 71.8 cm³/mol. The fourth-order valence-corrected chi connectivity index (χ4v) is 2.94. The lowest BCUT2D eigenvalue weighted by atomic mass is 9.93. The normalized spacial score (nSPS) is 23.7. The van der Waals surface area contributed by atoms with Crippen molar-refractivity contribution in [3.63, 3.8) is 0 Å². The van der Waals surface area contributed by atoms with Crippen LogP contribution in [0.25, 0.3) is 0 Å². The van der Waals surface area contributed by atoms with Gasteiger partial charge in [0.2, 0.25) is 0 Å². The highest BCUT2D eigenvalue weighted by molar-refractivity contribution is 7.11. The molecule has 1 saturated carbocycles. The second kappa shape index (κ2) is 5.53. The first-order chi connectivity index (χ1) is 8.61. The van der Waals surface area contributed by atoms with Gasteiger partial charge in [0.15, 0.2) is 5.82 Å². The van der Waals surface area contributed by atoms with E-state index in [1.54, 1.807) is 7.05 Å². The molecule has 1 aliphatic carbocycles. The minimum Gasteiger partial charge on any atom is -0.393 e. The largest absolute Gasteiger partial charge is 0.393 e. The van der Waals surface area contributed by atoms with Crippen molar-refractivity contribution in [2.45, 2.75) is 37.8 Å². The fraction of sp³-hybridized carbons (Fsp3) is 0.636. The lowest BCUT2D eigenvalue weighted by Gasteiger charge is -2.26. The number of hydrogen-bond acceptors (Lipinski definition) is 6. The van der Waals surface area contributed by atoms with Crippen LogP contribution in [0.4, 0.5) is 10.8 Å². The predicted octanol–water partition coefficient (Wildman–Crippen LogP) is 0.800. The number of aliphatic hydroxyl groups is 1. The zero-order valence-corrected chi connectivity index (χ0v) is 11.1. The van der Waals surface area contributed by atoms with Gasteiger partial charge in [0.25, 0.3) is 5.91 Å². The van der Waals surface area contributed by atoms with Gasteiger partial charge in [-0.3, -0.25) is 4.79 Å². The number of amides is 1. The number of hydrogen-bond donors (Lipinski definition) is 4. The number of carbonyl (C=O) groups is 1. The monoisotopic (exact) mass is 270 g/mol. The van der Waals surface area contributed by atoms with Crippen molar-refractivity contribution in [3.8, 4) is 0 Å². The molecule has 0 spiro atoms. The number of nitrogens with two attached hydrogens (primary N) is 1. The van der Waals surface area contributed by atoms with E-state index >= 15 is 0 Å². The van der Waals surface area contributed by atoms with E-state index < -0.39 is 0 Å². The first-order valence-corrected chi connectivity index (χ1v) is 6.81. The van der Waals surface area contributed by atoms with E-state index in [1.165, 1.54) is 11.5 Å². The molecule has 0 radical (unpaired) electrons. The summed E-state index contributed by atoms with van der Waals surface area (Å²) in [5, 5.41) is 16.0. The van der Waals surface area contributed by atoms with Crippen molar-refractivity contribution in [3.05, 3.63) is 5.56 Å². The van der Waals surface area contributed by atoms with Crippen molar-refractivity contribution in [1.29, 1.82) is 0 Å². The minimum atomic E-state index is -0.223. The average Bonchev–Trinajstić information content (AvgIpc) is 2.72.